The van der Waals surface area contributed by atoms with Crippen LogP contribution in [0.1, 0.15) is 43.1 Å². The van der Waals surface area contributed by atoms with Crippen molar-refractivity contribution in [1.29, 1.82) is 0 Å². The molecule has 6 N–H and O–H groups in total. The van der Waals surface area contributed by atoms with Crippen molar-refractivity contribution in [2.24, 2.45) is 5.73 Å². The van der Waals surface area contributed by atoms with Crippen molar-refractivity contribution >= 4 is 38.5 Å². The Kier molecular flexibility index (Phi) is 11.3. The molecule has 0 fully saturated rings. The monoisotopic (exact) mass is 660 g/mol. The highest BCUT2D eigenvalue weighted by atomic mass is 32.2. The average molecular weight is 661 g/mol. The summed E-state index contributed by atoms with van der Waals surface area (Å²) in [6.45, 7) is 5.23. The molecule has 4 aromatic carbocycles. The van der Waals surface area contributed by atoms with Crippen molar-refractivity contribution in [3.8, 4) is 5.75 Å². The second-order valence-corrected chi connectivity index (χ2v) is 14.0. The van der Waals surface area contributed by atoms with Gasteiger partial charge in [0.1, 0.15) is 24.5 Å². The van der Waals surface area contributed by atoms with Gasteiger partial charge in [-0.1, -0.05) is 72.8 Å². The van der Waals surface area contributed by atoms with Gasteiger partial charge in [0.05, 0.1) is 22.9 Å². The Balaban J connectivity index is 1.55. The molecule has 12 heteroatoms. The Labute approximate surface area is 274 Å². The summed E-state index contributed by atoms with van der Waals surface area (Å²) in [5.41, 5.74) is 5.95. The zero-order valence-corrected chi connectivity index (χ0v) is 27.3. The molecule has 4 aromatic rings. The van der Waals surface area contributed by atoms with Gasteiger partial charge in [0.15, 0.2) is 0 Å². The molecule has 0 aliphatic rings. The number of ether oxygens (including phenoxy) is 1. The number of aliphatic hydroxyl groups is 1. The third kappa shape index (κ3) is 10.1. The number of aliphatic hydroxyl groups excluding tert-OH is 1. The van der Waals surface area contributed by atoms with Gasteiger partial charge < -0.3 is 26.2 Å². The molecular weight excluding hydrogens is 620 g/mol. The van der Waals surface area contributed by atoms with Crippen LogP contribution in [-0.4, -0.2) is 61.6 Å². The molecule has 0 unspecified atom stereocenters. The minimum atomic E-state index is -4.27. The van der Waals surface area contributed by atoms with Crippen LogP contribution in [0, 0.1) is 0 Å². The number of nitrogens with one attached hydrogen (secondary N) is 3. The lowest BCUT2D eigenvalue weighted by molar-refractivity contribution is -0.128. The first-order valence-corrected chi connectivity index (χ1v) is 16.6. The topological polar surface area (TPSA) is 177 Å². The molecule has 0 saturated heterocycles. The summed E-state index contributed by atoms with van der Waals surface area (Å²) in [5, 5.41) is 18.4. The maximum atomic E-state index is 13.6. The van der Waals surface area contributed by atoms with Gasteiger partial charge >= 0.3 is 0 Å². The number of fused-ring (bicyclic) bond motifs is 1. The van der Waals surface area contributed by atoms with Gasteiger partial charge in [-0.2, -0.15) is 4.72 Å². The normalized spacial score (nSPS) is 13.7. The maximum Gasteiger partial charge on any atom is 0.255 e. The Bertz CT molecular complexity index is 1820. The van der Waals surface area contributed by atoms with Gasteiger partial charge in [-0.05, 0) is 67.8 Å². The lowest BCUT2D eigenvalue weighted by atomic mass is 10.0. The molecule has 0 spiro atoms. The van der Waals surface area contributed by atoms with E-state index >= 15 is 0 Å². The van der Waals surface area contributed by atoms with E-state index in [0.717, 1.165) is 10.9 Å². The predicted octanol–water partition coefficient (Wildman–Crippen LogP) is 3.06. The molecule has 0 aromatic heterocycles. The average Bonchev–Trinajstić information content (AvgIpc) is 3.02. The van der Waals surface area contributed by atoms with E-state index in [9.17, 15) is 27.9 Å². The summed E-state index contributed by atoms with van der Waals surface area (Å²) in [6.07, 6.45) is -1.80. The third-order valence-corrected chi connectivity index (χ3v) is 8.64. The summed E-state index contributed by atoms with van der Waals surface area (Å²) in [6, 6.07) is 24.8. The number of carbonyl (C=O) groups excluding carboxylic acids is 3. The summed E-state index contributed by atoms with van der Waals surface area (Å²) < 4.78 is 34.9. The van der Waals surface area contributed by atoms with E-state index in [1.165, 1.54) is 12.1 Å². The summed E-state index contributed by atoms with van der Waals surface area (Å²) in [7, 11) is -4.27. The largest absolute Gasteiger partial charge is 0.490 e. The van der Waals surface area contributed by atoms with Crippen LogP contribution in [0.5, 0.6) is 5.75 Å². The van der Waals surface area contributed by atoms with Crippen molar-refractivity contribution < 1.29 is 32.6 Å². The number of primary amides is 1. The molecule has 248 valence electrons. The fraction of sp³-hybridized carbons (Fsp3) is 0.286. The highest BCUT2D eigenvalue weighted by Crippen LogP contribution is 2.21. The van der Waals surface area contributed by atoms with Crippen LogP contribution in [-0.2, 0) is 26.0 Å². The van der Waals surface area contributed by atoms with Crippen LogP contribution < -0.4 is 25.8 Å². The molecule has 0 heterocycles. The van der Waals surface area contributed by atoms with Crippen LogP contribution in [0.4, 0.5) is 0 Å². The highest BCUT2D eigenvalue weighted by Gasteiger charge is 2.31. The fourth-order valence-corrected chi connectivity index (χ4v) is 6.12. The Hall–Kier alpha value is -4.78. The molecular formula is C35H40N4O7S. The molecule has 4 rings (SSSR count). The van der Waals surface area contributed by atoms with Gasteiger partial charge in [-0.25, -0.2) is 8.42 Å². The Morgan fingerprint density at radius 1 is 0.872 bits per heavy atom. The highest BCUT2D eigenvalue weighted by molar-refractivity contribution is 7.89. The number of para-hydroxylation sites is 1. The van der Waals surface area contributed by atoms with Crippen molar-refractivity contribution in [3.05, 3.63) is 108 Å². The first-order chi connectivity index (χ1) is 22.2. The zero-order valence-electron chi connectivity index (χ0n) is 26.5. The van der Waals surface area contributed by atoms with Crippen LogP contribution in [0.2, 0.25) is 0 Å². The molecule has 0 saturated carbocycles. The SMILES string of the molecule is CC(C)(C)NC(=O)c1ccccc1OC[C@@H](O)[C@H](Cc1ccccc1)NC(=O)[C@H](CC(N)=O)NS(=O)(=O)c1ccc2ccccc2c1. The first-order valence-electron chi connectivity index (χ1n) is 15.1. The number of nitrogens with two attached hydrogens (primary N) is 1. The lowest BCUT2D eigenvalue weighted by Gasteiger charge is -2.27. The van der Waals surface area contributed by atoms with Gasteiger partial charge in [0.2, 0.25) is 21.8 Å². The number of rotatable bonds is 14. The third-order valence-electron chi connectivity index (χ3n) is 7.17. The Morgan fingerprint density at radius 3 is 2.19 bits per heavy atom. The summed E-state index contributed by atoms with van der Waals surface area (Å²) in [4.78, 5) is 38.4. The van der Waals surface area contributed by atoms with E-state index in [0.29, 0.717) is 5.39 Å². The predicted molar refractivity (Wildman–Crippen MR) is 179 cm³/mol. The number of amides is 3. The first kappa shape index (κ1) is 35.1. The standard InChI is InChI=1S/C35H40N4O7S/c1-35(2,3)38-33(42)27-15-9-10-16-31(27)46-22-30(40)28(19-23-11-5-4-6-12-23)37-34(43)29(21-32(36)41)39-47(44,45)26-18-17-24-13-7-8-14-25(24)20-26/h4-18,20,28-30,39-40H,19,21-22H2,1-3H3,(H2,36,41)(H,37,43)(H,38,42)/t28-,29-,30+/m0/s1. The van der Waals surface area contributed by atoms with Crippen molar-refractivity contribution in [3.63, 3.8) is 0 Å². The van der Waals surface area contributed by atoms with Crippen molar-refractivity contribution in [2.75, 3.05) is 6.61 Å². The molecule has 0 aliphatic heterocycles. The van der Waals surface area contributed by atoms with E-state index in [-0.39, 0.29) is 35.1 Å². The van der Waals surface area contributed by atoms with E-state index in [1.54, 1.807) is 54.6 Å². The minimum absolute atomic E-state index is 0.0955. The van der Waals surface area contributed by atoms with E-state index < -0.39 is 52.0 Å². The van der Waals surface area contributed by atoms with Crippen LogP contribution in [0.3, 0.4) is 0 Å². The van der Waals surface area contributed by atoms with E-state index in [1.807, 2.05) is 51.1 Å². The van der Waals surface area contributed by atoms with Crippen LogP contribution in [0.15, 0.2) is 102 Å². The quantitative estimate of drug-likeness (QED) is 0.138. The lowest BCUT2D eigenvalue weighted by Crippen LogP contribution is -2.55. The van der Waals surface area contributed by atoms with Gasteiger partial charge in [-0.3, -0.25) is 14.4 Å². The number of hydrogen-bond acceptors (Lipinski definition) is 7. The van der Waals surface area contributed by atoms with Gasteiger partial charge in [-0.15, -0.1) is 0 Å². The number of carbonyl (C=O) groups is 3. The van der Waals surface area contributed by atoms with Crippen LogP contribution >= 0.6 is 0 Å². The zero-order chi connectivity index (χ0) is 34.2. The number of hydrogen-bond donors (Lipinski definition) is 5. The molecule has 0 aliphatic carbocycles. The van der Waals surface area contributed by atoms with Crippen molar-refractivity contribution in [2.45, 2.75) is 62.2 Å². The fourth-order valence-electron chi connectivity index (χ4n) is 4.89. The van der Waals surface area contributed by atoms with E-state index in [4.69, 9.17) is 10.5 Å². The second-order valence-electron chi connectivity index (χ2n) is 12.2. The molecule has 3 amide bonds. The molecule has 47 heavy (non-hydrogen) atoms. The van der Waals surface area contributed by atoms with E-state index in [2.05, 4.69) is 15.4 Å². The number of benzene rings is 4. The second kappa shape index (κ2) is 15.2. The van der Waals surface area contributed by atoms with Gasteiger partial charge in [0.25, 0.3) is 5.91 Å². The Morgan fingerprint density at radius 2 is 1.51 bits per heavy atom. The molecule has 3 atom stereocenters. The minimum Gasteiger partial charge on any atom is -0.490 e. The number of sulfonamides is 1. The maximum absolute atomic E-state index is 13.6. The smallest absolute Gasteiger partial charge is 0.255 e. The van der Waals surface area contributed by atoms with Crippen LogP contribution in [0.25, 0.3) is 10.8 Å². The molecule has 0 bridgehead atoms. The molecule has 11 nitrogen and oxygen atoms in total. The molecule has 0 radical (unpaired) electrons. The van der Waals surface area contributed by atoms with Crippen molar-refractivity contribution in [1.82, 2.24) is 15.4 Å². The summed E-state index contributed by atoms with van der Waals surface area (Å²) >= 11 is 0. The van der Waals surface area contributed by atoms with Gasteiger partial charge in [0, 0.05) is 5.54 Å². The summed E-state index contributed by atoms with van der Waals surface area (Å²) in [5.74, 6) is -1.89.